The van der Waals surface area contributed by atoms with E-state index in [1.165, 1.54) is 38.3 Å². The van der Waals surface area contributed by atoms with Crippen LogP contribution in [-0.2, 0) is 0 Å². The second-order valence-electron chi connectivity index (χ2n) is 14.2. The number of benzene rings is 9. The molecular weight excluding hydrogens is 669 g/mol. The Morgan fingerprint density at radius 2 is 0.945 bits per heavy atom. The zero-order chi connectivity index (χ0) is 36.3. The van der Waals surface area contributed by atoms with Gasteiger partial charge in [-0.15, -0.1) is 0 Å². The molecule has 0 saturated carbocycles. The first-order chi connectivity index (χ1) is 27.3. The predicted molar refractivity (Wildman–Crippen MR) is 231 cm³/mol. The molecule has 9 aromatic carbocycles. The maximum Gasteiger partial charge on any atom is 0.143 e. The quantitative estimate of drug-likeness (QED) is 0.172. The lowest BCUT2D eigenvalue weighted by atomic mass is 10.0. The van der Waals surface area contributed by atoms with Gasteiger partial charge < -0.3 is 13.9 Å². The molecule has 0 unspecified atom stereocenters. The van der Waals surface area contributed by atoms with Crippen molar-refractivity contribution in [2.45, 2.75) is 0 Å². The number of anilines is 3. The normalized spacial score (nSPS) is 11.6. The number of nitrogens with zero attached hydrogens (tertiary/aromatic N) is 2. The lowest BCUT2D eigenvalue weighted by molar-refractivity contribution is 0.672. The summed E-state index contributed by atoms with van der Waals surface area (Å²) < 4.78 is 8.80. The average molecular weight is 703 g/mol. The van der Waals surface area contributed by atoms with E-state index in [0.29, 0.717) is 0 Å². The standard InChI is InChI=1S/C52H34N2O/c1-2-15-40(16-3-1)53(42-17-11-14-38(33-42)39-27-31-51-48(34-39)47-30-26-36-12-4-5-19-44(36)52(47)55-51)41-28-24-35(25-29-41)37-13-10-18-43(32-37)54-49-22-8-6-20-45(49)46-21-7-9-23-50(46)54/h1-34H. The summed E-state index contributed by atoms with van der Waals surface area (Å²) in [5, 5.41) is 7.12. The van der Waals surface area contributed by atoms with Gasteiger partial charge in [-0.05, 0) is 107 Å². The number of rotatable bonds is 6. The van der Waals surface area contributed by atoms with E-state index < -0.39 is 0 Å². The lowest BCUT2D eigenvalue weighted by Crippen LogP contribution is -2.09. The molecule has 2 heterocycles. The second kappa shape index (κ2) is 12.6. The molecule has 55 heavy (non-hydrogen) atoms. The molecule has 11 aromatic rings. The third kappa shape index (κ3) is 5.20. The fourth-order valence-corrected chi connectivity index (χ4v) is 8.36. The van der Waals surface area contributed by atoms with Crippen LogP contribution in [-0.4, -0.2) is 4.57 Å². The molecule has 0 fully saturated rings. The molecule has 0 saturated heterocycles. The van der Waals surface area contributed by atoms with Crippen LogP contribution in [0.4, 0.5) is 17.1 Å². The van der Waals surface area contributed by atoms with Crippen molar-refractivity contribution in [3.8, 4) is 27.9 Å². The summed E-state index contributed by atoms with van der Waals surface area (Å²) in [4.78, 5) is 2.33. The van der Waals surface area contributed by atoms with E-state index in [1.807, 2.05) is 0 Å². The Morgan fingerprint density at radius 3 is 1.73 bits per heavy atom. The smallest absolute Gasteiger partial charge is 0.143 e. The van der Waals surface area contributed by atoms with Crippen LogP contribution in [0.2, 0.25) is 0 Å². The number of fused-ring (bicyclic) bond motifs is 8. The fourth-order valence-electron chi connectivity index (χ4n) is 8.36. The molecule has 3 heteroatoms. The van der Waals surface area contributed by atoms with Crippen LogP contribution in [0.25, 0.3) is 82.5 Å². The molecule has 0 aliphatic carbocycles. The monoisotopic (exact) mass is 702 g/mol. The first-order valence-electron chi connectivity index (χ1n) is 18.8. The van der Waals surface area contributed by atoms with Crippen LogP contribution in [0.1, 0.15) is 0 Å². The minimum atomic E-state index is 0.901. The minimum Gasteiger partial charge on any atom is -0.455 e. The zero-order valence-electron chi connectivity index (χ0n) is 29.9. The van der Waals surface area contributed by atoms with Gasteiger partial charge in [0.1, 0.15) is 11.2 Å². The summed E-state index contributed by atoms with van der Waals surface area (Å²) in [6.45, 7) is 0. The van der Waals surface area contributed by atoms with Crippen LogP contribution in [0.15, 0.2) is 211 Å². The van der Waals surface area contributed by atoms with E-state index in [4.69, 9.17) is 4.42 Å². The van der Waals surface area contributed by atoms with E-state index in [1.54, 1.807) is 0 Å². The van der Waals surface area contributed by atoms with Crippen molar-refractivity contribution >= 4 is 71.6 Å². The Bertz CT molecular complexity index is 3150. The second-order valence-corrected chi connectivity index (χ2v) is 14.2. The van der Waals surface area contributed by atoms with E-state index in [-0.39, 0.29) is 0 Å². The Hall–Kier alpha value is -7.36. The summed E-state index contributed by atoms with van der Waals surface area (Å²) in [6.07, 6.45) is 0. The molecule has 0 aliphatic heterocycles. The van der Waals surface area contributed by atoms with E-state index in [9.17, 15) is 0 Å². The highest BCUT2D eigenvalue weighted by molar-refractivity contribution is 6.15. The van der Waals surface area contributed by atoms with Gasteiger partial charge >= 0.3 is 0 Å². The molecular formula is C52H34N2O. The Morgan fingerprint density at radius 1 is 0.345 bits per heavy atom. The Labute approximate surface area is 318 Å². The van der Waals surface area contributed by atoms with Crippen molar-refractivity contribution < 1.29 is 4.42 Å². The molecule has 0 bridgehead atoms. The maximum absolute atomic E-state index is 6.43. The van der Waals surface area contributed by atoms with Gasteiger partial charge in [-0.1, -0.05) is 127 Å². The first kappa shape index (κ1) is 31.2. The molecule has 0 N–H and O–H groups in total. The molecule has 0 amide bonds. The van der Waals surface area contributed by atoms with Gasteiger partial charge in [-0.2, -0.15) is 0 Å². The Balaban J connectivity index is 0.968. The van der Waals surface area contributed by atoms with Crippen LogP contribution >= 0.6 is 0 Å². The lowest BCUT2D eigenvalue weighted by Gasteiger charge is -2.26. The van der Waals surface area contributed by atoms with Crippen molar-refractivity contribution in [2.24, 2.45) is 0 Å². The third-order valence-electron chi connectivity index (χ3n) is 11.0. The molecule has 3 nitrogen and oxygen atoms in total. The molecule has 0 radical (unpaired) electrons. The maximum atomic E-state index is 6.43. The van der Waals surface area contributed by atoms with Gasteiger partial charge in [-0.25, -0.2) is 0 Å². The first-order valence-corrected chi connectivity index (χ1v) is 18.8. The molecule has 2 aromatic heterocycles. The number of aromatic nitrogens is 1. The van der Waals surface area contributed by atoms with Crippen LogP contribution in [0, 0.1) is 0 Å². The molecule has 0 aliphatic rings. The number of hydrogen-bond acceptors (Lipinski definition) is 2. The van der Waals surface area contributed by atoms with E-state index >= 15 is 0 Å². The van der Waals surface area contributed by atoms with Gasteiger partial charge in [0.15, 0.2) is 0 Å². The summed E-state index contributed by atoms with van der Waals surface area (Å²) in [5.41, 5.74) is 13.3. The van der Waals surface area contributed by atoms with Gasteiger partial charge in [0.2, 0.25) is 0 Å². The van der Waals surface area contributed by atoms with Gasteiger partial charge in [0.05, 0.1) is 11.0 Å². The van der Waals surface area contributed by atoms with E-state index in [0.717, 1.165) is 61.2 Å². The Kier molecular flexibility index (Phi) is 7.17. The molecule has 0 spiro atoms. The summed E-state index contributed by atoms with van der Waals surface area (Å²) >= 11 is 0. The predicted octanol–water partition coefficient (Wildman–Crippen LogP) is 14.6. The average Bonchev–Trinajstić information content (AvgIpc) is 3.80. The van der Waals surface area contributed by atoms with Crippen molar-refractivity contribution in [3.05, 3.63) is 206 Å². The molecule has 0 atom stereocenters. The number of furan rings is 1. The zero-order valence-corrected chi connectivity index (χ0v) is 29.9. The summed E-state index contributed by atoms with van der Waals surface area (Å²) in [6, 6.07) is 73.9. The van der Waals surface area contributed by atoms with Crippen molar-refractivity contribution in [1.29, 1.82) is 0 Å². The number of para-hydroxylation sites is 3. The van der Waals surface area contributed by atoms with E-state index in [2.05, 4.69) is 216 Å². The molecule has 11 rings (SSSR count). The summed E-state index contributed by atoms with van der Waals surface area (Å²) in [7, 11) is 0. The summed E-state index contributed by atoms with van der Waals surface area (Å²) in [5.74, 6) is 0. The number of hydrogen-bond donors (Lipinski definition) is 0. The van der Waals surface area contributed by atoms with Crippen molar-refractivity contribution in [2.75, 3.05) is 4.90 Å². The van der Waals surface area contributed by atoms with Crippen molar-refractivity contribution in [3.63, 3.8) is 0 Å². The van der Waals surface area contributed by atoms with Gasteiger partial charge in [0, 0.05) is 49.7 Å². The highest BCUT2D eigenvalue weighted by atomic mass is 16.3. The highest BCUT2D eigenvalue weighted by Crippen LogP contribution is 2.40. The largest absolute Gasteiger partial charge is 0.455 e. The highest BCUT2D eigenvalue weighted by Gasteiger charge is 2.16. The van der Waals surface area contributed by atoms with Gasteiger partial charge in [0.25, 0.3) is 0 Å². The fraction of sp³-hybridized carbons (Fsp3) is 0. The van der Waals surface area contributed by atoms with Crippen LogP contribution < -0.4 is 4.90 Å². The molecule has 258 valence electrons. The van der Waals surface area contributed by atoms with Crippen LogP contribution in [0.5, 0.6) is 0 Å². The van der Waals surface area contributed by atoms with Crippen LogP contribution in [0.3, 0.4) is 0 Å². The van der Waals surface area contributed by atoms with Crippen molar-refractivity contribution in [1.82, 2.24) is 4.57 Å². The SMILES string of the molecule is c1ccc(N(c2ccc(-c3cccc(-n4c5ccccc5c5ccccc54)c3)cc2)c2cccc(-c3ccc4oc5c6ccccc6ccc5c4c3)c2)cc1. The van der Waals surface area contributed by atoms with Gasteiger partial charge in [-0.3, -0.25) is 0 Å². The third-order valence-corrected chi connectivity index (χ3v) is 11.0. The topological polar surface area (TPSA) is 21.3 Å². The minimum absolute atomic E-state index is 0.901.